The molecule has 1 saturated carbocycles. The van der Waals surface area contributed by atoms with Gasteiger partial charge in [0.2, 0.25) is 5.95 Å². The summed E-state index contributed by atoms with van der Waals surface area (Å²) >= 11 is 6.86. The van der Waals surface area contributed by atoms with E-state index >= 15 is 0 Å². The van der Waals surface area contributed by atoms with E-state index in [-0.39, 0.29) is 0 Å². The number of imidazole rings is 1. The van der Waals surface area contributed by atoms with E-state index in [9.17, 15) is 0 Å². The van der Waals surface area contributed by atoms with E-state index in [4.69, 9.17) is 27.3 Å². The molecule has 2 aliphatic rings. The second-order valence-electron chi connectivity index (χ2n) is 9.97. The minimum Gasteiger partial charge on any atom is -0.345 e. The third kappa shape index (κ3) is 2.78. The van der Waals surface area contributed by atoms with Crippen molar-refractivity contribution in [3.05, 3.63) is 41.9 Å². The number of rotatable bonds is 2. The monoisotopic (exact) mass is 474 g/mol. The molecule has 4 aromatic heterocycles. The summed E-state index contributed by atoms with van der Waals surface area (Å²) in [5.41, 5.74) is 11.4. The third-order valence-corrected chi connectivity index (χ3v) is 8.60. The maximum Gasteiger partial charge on any atom is 0.213 e. The first-order valence-corrected chi connectivity index (χ1v) is 12.4. The first-order valence-electron chi connectivity index (χ1n) is 12.0. The van der Waals surface area contributed by atoms with Crippen molar-refractivity contribution in [1.29, 1.82) is 0 Å². The predicted molar refractivity (Wildman–Crippen MR) is 135 cm³/mol. The van der Waals surface area contributed by atoms with Crippen molar-refractivity contribution in [3.63, 3.8) is 0 Å². The van der Waals surface area contributed by atoms with Crippen molar-refractivity contribution < 1.29 is 0 Å². The number of hydrogen-bond donors (Lipinski definition) is 2. The number of nitrogens with zero attached hydrogens (tertiary/aromatic N) is 6. The van der Waals surface area contributed by atoms with E-state index in [0.717, 1.165) is 77.0 Å². The van der Waals surface area contributed by atoms with Gasteiger partial charge in [0.25, 0.3) is 0 Å². The average molecular weight is 475 g/mol. The van der Waals surface area contributed by atoms with Crippen LogP contribution in [0.2, 0.25) is 5.02 Å². The Morgan fingerprint density at radius 3 is 2.82 bits per heavy atom. The third-order valence-electron chi connectivity index (χ3n) is 8.20. The van der Waals surface area contributed by atoms with Crippen LogP contribution < -0.4 is 10.6 Å². The van der Waals surface area contributed by atoms with Crippen LogP contribution in [0, 0.1) is 5.41 Å². The number of aryl methyl sites for hydroxylation is 1. The summed E-state index contributed by atoms with van der Waals surface area (Å²) in [5.74, 6) is 0.934. The van der Waals surface area contributed by atoms with Gasteiger partial charge in [-0.2, -0.15) is 10.1 Å². The van der Waals surface area contributed by atoms with E-state index in [1.807, 2.05) is 44.0 Å². The summed E-state index contributed by atoms with van der Waals surface area (Å²) in [6.45, 7) is 1.94. The Hall–Kier alpha value is -3.10. The van der Waals surface area contributed by atoms with E-state index < -0.39 is 0 Å². The molecule has 1 aliphatic carbocycles. The van der Waals surface area contributed by atoms with Gasteiger partial charge in [-0.05, 0) is 37.2 Å². The Morgan fingerprint density at radius 1 is 1.18 bits per heavy atom. The highest BCUT2D eigenvalue weighted by atomic mass is 35.5. The van der Waals surface area contributed by atoms with Crippen molar-refractivity contribution in [1.82, 2.24) is 29.1 Å². The molecule has 2 fully saturated rings. The molecule has 0 unspecified atom stereocenters. The Morgan fingerprint density at radius 2 is 2.03 bits per heavy atom. The highest BCUT2D eigenvalue weighted by Crippen LogP contribution is 2.46. The number of H-pyrrole nitrogens is 1. The average Bonchev–Trinajstić information content (AvgIpc) is 3.61. The maximum atomic E-state index is 6.86. The molecule has 0 radical (unpaired) electrons. The van der Waals surface area contributed by atoms with E-state index in [1.165, 1.54) is 12.8 Å². The Bertz CT molecular complexity index is 1550. The van der Waals surface area contributed by atoms with Crippen molar-refractivity contribution in [2.75, 3.05) is 18.0 Å². The van der Waals surface area contributed by atoms with Gasteiger partial charge in [-0.3, -0.25) is 9.08 Å². The van der Waals surface area contributed by atoms with Gasteiger partial charge in [-0.15, -0.1) is 0 Å². The largest absolute Gasteiger partial charge is 0.345 e. The number of halogens is 1. The Labute approximate surface area is 201 Å². The smallest absolute Gasteiger partial charge is 0.213 e. The van der Waals surface area contributed by atoms with Gasteiger partial charge in [0, 0.05) is 67.5 Å². The SMILES string of the molecule is Cn1cc2c(Cl)c(-c3c[nH]c4nc(N5CCC6(CCC[C@H]6N)CC5)n5ccnc5c34)ccc2n1. The van der Waals surface area contributed by atoms with Crippen LogP contribution in [0.4, 0.5) is 5.95 Å². The van der Waals surface area contributed by atoms with Crippen molar-refractivity contribution in [3.8, 4) is 11.1 Å². The van der Waals surface area contributed by atoms with Crippen LogP contribution in [0.15, 0.2) is 36.9 Å². The van der Waals surface area contributed by atoms with Crippen molar-refractivity contribution in [2.24, 2.45) is 18.2 Å². The zero-order chi connectivity index (χ0) is 23.0. The summed E-state index contributed by atoms with van der Waals surface area (Å²) in [6, 6.07) is 4.38. The second kappa shape index (κ2) is 7.20. The first kappa shape index (κ1) is 20.3. The van der Waals surface area contributed by atoms with Crippen LogP contribution in [0.25, 0.3) is 38.7 Å². The van der Waals surface area contributed by atoms with Crippen LogP contribution in [0.3, 0.4) is 0 Å². The van der Waals surface area contributed by atoms with E-state index in [0.29, 0.717) is 16.5 Å². The molecule has 1 atom stereocenters. The normalized spacial score (nSPS) is 20.4. The molecular formula is C25H27ClN8. The molecule has 1 saturated heterocycles. The fraction of sp³-hybridized carbons (Fsp3) is 0.400. The molecule has 3 N–H and O–H groups in total. The molecular weight excluding hydrogens is 448 g/mol. The molecule has 34 heavy (non-hydrogen) atoms. The van der Waals surface area contributed by atoms with Gasteiger partial charge >= 0.3 is 0 Å². The van der Waals surface area contributed by atoms with Gasteiger partial charge in [0.15, 0.2) is 5.65 Å². The lowest BCUT2D eigenvalue weighted by Gasteiger charge is -2.42. The standard InChI is InChI=1S/C25H27ClN8/c1-32-14-17-18(31-32)5-4-15(21(17)26)16-13-29-22-20(16)23-28-9-12-34(23)24(30-22)33-10-7-25(8-11-33)6-2-3-19(25)27/h4-5,9,12-14,19,29H,2-3,6-8,10-11,27H2,1H3/t19-/m1/s1. The summed E-state index contributed by atoms with van der Waals surface area (Å²) in [6.07, 6.45) is 13.7. The lowest BCUT2D eigenvalue weighted by Crippen LogP contribution is -2.47. The molecule has 1 aliphatic heterocycles. The Balaban J connectivity index is 1.33. The van der Waals surface area contributed by atoms with E-state index in [1.54, 1.807) is 4.68 Å². The fourth-order valence-electron chi connectivity index (χ4n) is 6.29. The fourth-order valence-corrected chi connectivity index (χ4v) is 6.60. The molecule has 7 rings (SSSR count). The number of nitrogens with one attached hydrogen (secondary N) is 1. The lowest BCUT2D eigenvalue weighted by molar-refractivity contribution is 0.197. The number of hydrogen-bond acceptors (Lipinski definition) is 5. The number of nitrogens with two attached hydrogens (primary N) is 1. The maximum absolute atomic E-state index is 6.86. The number of aromatic amines is 1. The van der Waals surface area contributed by atoms with Crippen molar-refractivity contribution in [2.45, 2.75) is 38.1 Å². The van der Waals surface area contributed by atoms with E-state index in [2.05, 4.69) is 19.4 Å². The van der Waals surface area contributed by atoms with Crippen LogP contribution in [-0.2, 0) is 7.05 Å². The Kier molecular flexibility index (Phi) is 4.30. The molecule has 8 nitrogen and oxygen atoms in total. The molecule has 9 heteroatoms. The number of piperidine rings is 1. The topological polar surface area (TPSA) is 93.1 Å². The van der Waals surface area contributed by atoms with Gasteiger partial charge in [-0.1, -0.05) is 24.1 Å². The zero-order valence-corrected chi connectivity index (χ0v) is 19.9. The minimum absolute atomic E-state index is 0.315. The van der Waals surface area contributed by atoms with Gasteiger partial charge < -0.3 is 15.6 Å². The quantitative estimate of drug-likeness (QED) is 0.392. The summed E-state index contributed by atoms with van der Waals surface area (Å²) in [7, 11) is 1.91. The zero-order valence-electron chi connectivity index (χ0n) is 19.1. The molecule has 5 heterocycles. The summed E-state index contributed by atoms with van der Waals surface area (Å²) < 4.78 is 3.90. The second-order valence-corrected chi connectivity index (χ2v) is 10.3. The van der Waals surface area contributed by atoms with Gasteiger partial charge in [0.05, 0.1) is 15.9 Å². The number of benzene rings is 1. The predicted octanol–water partition coefficient (Wildman–Crippen LogP) is 4.52. The van der Waals surface area contributed by atoms with Crippen LogP contribution >= 0.6 is 11.6 Å². The highest BCUT2D eigenvalue weighted by Gasteiger charge is 2.43. The summed E-state index contributed by atoms with van der Waals surface area (Å²) in [5, 5.41) is 7.08. The molecule has 1 aromatic carbocycles. The van der Waals surface area contributed by atoms with Crippen LogP contribution in [0.1, 0.15) is 32.1 Å². The number of aromatic nitrogens is 6. The van der Waals surface area contributed by atoms with Gasteiger partial charge in [0.1, 0.15) is 5.65 Å². The first-order chi connectivity index (χ1) is 16.5. The van der Waals surface area contributed by atoms with Crippen molar-refractivity contribution >= 4 is 45.1 Å². The number of anilines is 1. The molecule has 0 bridgehead atoms. The summed E-state index contributed by atoms with van der Waals surface area (Å²) in [4.78, 5) is 15.6. The van der Waals surface area contributed by atoms with Crippen LogP contribution in [-0.4, -0.2) is 48.3 Å². The number of fused-ring (bicyclic) bond motifs is 4. The molecule has 1 spiro atoms. The van der Waals surface area contributed by atoms with Gasteiger partial charge in [-0.25, -0.2) is 4.98 Å². The van der Waals surface area contributed by atoms with Crippen LogP contribution in [0.5, 0.6) is 0 Å². The lowest BCUT2D eigenvalue weighted by atomic mass is 9.74. The molecule has 174 valence electrons. The highest BCUT2D eigenvalue weighted by molar-refractivity contribution is 6.38. The molecule has 0 amide bonds. The molecule has 5 aromatic rings. The minimum atomic E-state index is 0.315.